The van der Waals surface area contributed by atoms with E-state index in [4.69, 9.17) is 5.11 Å². The first kappa shape index (κ1) is 14.8. The third kappa shape index (κ3) is 3.28. The minimum Gasteiger partial charge on any atom is -0.477 e. The molecule has 1 unspecified atom stereocenters. The smallest absolute Gasteiger partial charge is 0.354 e. The van der Waals surface area contributed by atoms with Gasteiger partial charge in [0.15, 0.2) is 11.4 Å². The maximum absolute atomic E-state index is 12.0. The van der Waals surface area contributed by atoms with Gasteiger partial charge in [-0.05, 0) is 30.0 Å². The summed E-state index contributed by atoms with van der Waals surface area (Å²) in [5, 5.41) is 11.6. The highest BCUT2D eigenvalue weighted by Crippen LogP contribution is 2.20. The van der Waals surface area contributed by atoms with Crippen LogP contribution in [0.4, 0.5) is 5.69 Å². The van der Waals surface area contributed by atoms with E-state index in [9.17, 15) is 9.59 Å². The van der Waals surface area contributed by atoms with Crippen molar-refractivity contribution >= 4 is 17.6 Å². The van der Waals surface area contributed by atoms with Crippen LogP contribution in [0, 0.1) is 0 Å². The molecule has 2 rings (SSSR count). The van der Waals surface area contributed by atoms with Crippen LogP contribution in [0.2, 0.25) is 0 Å². The summed E-state index contributed by atoms with van der Waals surface area (Å²) in [6, 6.07) is 7.50. The average Bonchev–Trinajstić information content (AvgIpc) is 2.97. The summed E-state index contributed by atoms with van der Waals surface area (Å²) in [5.74, 6) is -1.31. The standard InChI is InChI=1S/C15H17N3O3/c1-3-9(2)10-4-6-11(7-5-10)18-14(19)12-13(15(20)21)17-8-16-12/h4-9H,3H2,1-2H3,(H,16,17)(H,18,19)(H,20,21). The van der Waals surface area contributed by atoms with Crippen molar-refractivity contribution in [3.05, 3.63) is 47.5 Å². The molecule has 0 fully saturated rings. The second-order valence-electron chi connectivity index (χ2n) is 4.82. The summed E-state index contributed by atoms with van der Waals surface area (Å²) >= 11 is 0. The number of H-pyrrole nitrogens is 1. The molecule has 6 nitrogen and oxygen atoms in total. The fourth-order valence-electron chi connectivity index (χ4n) is 1.95. The van der Waals surface area contributed by atoms with Crippen LogP contribution < -0.4 is 5.32 Å². The van der Waals surface area contributed by atoms with E-state index in [0.29, 0.717) is 11.6 Å². The zero-order valence-electron chi connectivity index (χ0n) is 11.9. The first-order chi connectivity index (χ1) is 10.0. The number of carboxylic acids is 1. The van der Waals surface area contributed by atoms with Gasteiger partial charge < -0.3 is 15.4 Å². The van der Waals surface area contributed by atoms with Gasteiger partial charge in [-0.15, -0.1) is 0 Å². The number of amides is 1. The van der Waals surface area contributed by atoms with E-state index >= 15 is 0 Å². The first-order valence-corrected chi connectivity index (χ1v) is 6.71. The van der Waals surface area contributed by atoms with Crippen molar-refractivity contribution in [1.82, 2.24) is 9.97 Å². The quantitative estimate of drug-likeness (QED) is 0.788. The van der Waals surface area contributed by atoms with Gasteiger partial charge >= 0.3 is 5.97 Å². The maximum atomic E-state index is 12.0. The summed E-state index contributed by atoms with van der Waals surface area (Å²) in [6.07, 6.45) is 2.23. The molecule has 0 saturated carbocycles. The molecule has 0 spiro atoms. The number of carbonyl (C=O) groups is 2. The van der Waals surface area contributed by atoms with E-state index in [0.717, 1.165) is 6.42 Å². The van der Waals surface area contributed by atoms with Gasteiger partial charge in [0.25, 0.3) is 5.91 Å². The molecule has 0 aliphatic carbocycles. The molecule has 0 bridgehead atoms. The van der Waals surface area contributed by atoms with Gasteiger partial charge in [-0.3, -0.25) is 4.79 Å². The Kier molecular flexibility index (Phi) is 4.37. The highest BCUT2D eigenvalue weighted by molar-refractivity contribution is 6.08. The van der Waals surface area contributed by atoms with Crippen molar-refractivity contribution in [1.29, 1.82) is 0 Å². The Bertz CT molecular complexity index is 646. The van der Waals surface area contributed by atoms with Crippen LogP contribution in [-0.4, -0.2) is 27.0 Å². The molecule has 1 heterocycles. The number of nitrogens with one attached hydrogen (secondary N) is 2. The molecule has 1 aromatic heterocycles. The summed E-state index contributed by atoms with van der Waals surface area (Å²) in [5.41, 5.74) is 1.45. The molecule has 1 aromatic carbocycles. The molecule has 6 heteroatoms. The third-order valence-electron chi connectivity index (χ3n) is 3.42. The number of aromatic amines is 1. The van der Waals surface area contributed by atoms with Crippen molar-refractivity contribution < 1.29 is 14.7 Å². The number of aromatic nitrogens is 2. The summed E-state index contributed by atoms with van der Waals surface area (Å²) < 4.78 is 0. The van der Waals surface area contributed by atoms with Gasteiger partial charge in [-0.25, -0.2) is 9.78 Å². The zero-order chi connectivity index (χ0) is 15.4. The molecule has 110 valence electrons. The Morgan fingerprint density at radius 1 is 1.33 bits per heavy atom. The summed E-state index contributed by atoms with van der Waals surface area (Å²) in [4.78, 5) is 29.1. The fraction of sp³-hybridized carbons (Fsp3) is 0.267. The predicted octanol–water partition coefficient (Wildman–Crippen LogP) is 2.87. The van der Waals surface area contributed by atoms with Crippen LogP contribution in [0.25, 0.3) is 0 Å². The van der Waals surface area contributed by atoms with Crippen LogP contribution in [-0.2, 0) is 0 Å². The van der Waals surface area contributed by atoms with Gasteiger partial charge in [0.1, 0.15) is 0 Å². The Balaban J connectivity index is 2.12. The van der Waals surface area contributed by atoms with E-state index in [2.05, 4.69) is 29.1 Å². The second kappa shape index (κ2) is 6.21. The Hall–Kier alpha value is -2.63. The first-order valence-electron chi connectivity index (χ1n) is 6.71. The fourth-order valence-corrected chi connectivity index (χ4v) is 1.95. The lowest BCUT2D eigenvalue weighted by molar-refractivity contribution is 0.0686. The van der Waals surface area contributed by atoms with Crippen molar-refractivity contribution in [2.75, 3.05) is 5.32 Å². The largest absolute Gasteiger partial charge is 0.477 e. The van der Waals surface area contributed by atoms with Crippen molar-refractivity contribution in [3.63, 3.8) is 0 Å². The van der Waals surface area contributed by atoms with Crippen LogP contribution in [0.3, 0.4) is 0 Å². The number of carboxylic acid groups (broad SMARTS) is 1. The van der Waals surface area contributed by atoms with Gasteiger partial charge in [0, 0.05) is 5.69 Å². The third-order valence-corrected chi connectivity index (χ3v) is 3.42. The minimum atomic E-state index is -1.22. The molecule has 0 aliphatic heterocycles. The minimum absolute atomic E-state index is 0.131. The highest BCUT2D eigenvalue weighted by Gasteiger charge is 2.19. The number of rotatable bonds is 5. The van der Waals surface area contributed by atoms with Crippen LogP contribution in [0.1, 0.15) is 52.7 Å². The van der Waals surface area contributed by atoms with Crippen molar-refractivity contribution in [3.8, 4) is 0 Å². The molecule has 0 aliphatic rings. The van der Waals surface area contributed by atoms with Crippen LogP contribution in [0.5, 0.6) is 0 Å². The maximum Gasteiger partial charge on any atom is 0.354 e. The molecule has 1 atom stereocenters. The van der Waals surface area contributed by atoms with E-state index in [-0.39, 0.29) is 11.4 Å². The second-order valence-corrected chi connectivity index (χ2v) is 4.82. The molecular formula is C15H17N3O3. The number of aromatic carboxylic acids is 1. The number of anilines is 1. The van der Waals surface area contributed by atoms with Gasteiger partial charge in [-0.2, -0.15) is 0 Å². The molecule has 2 aromatic rings. The normalized spacial score (nSPS) is 11.9. The predicted molar refractivity (Wildman–Crippen MR) is 78.6 cm³/mol. The number of hydrogen-bond acceptors (Lipinski definition) is 3. The number of hydrogen-bond donors (Lipinski definition) is 3. The summed E-state index contributed by atoms with van der Waals surface area (Å²) in [6.45, 7) is 4.25. The lowest BCUT2D eigenvalue weighted by Gasteiger charge is -2.10. The molecule has 0 radical (unpaired) electrons. The van der Waals surface area contributed by atoms with Crippen molar-refractivity contribution in [2.24, 2.45) is 0 Å². The van der Waals surface area contributed by atoms with Gasteiger partial charge in [-0.1, -0.05) is 26.0 Å². The molecule has 0 saturated heterocycles. The van der Waals surface area contributed by atoms with E-state index in [1.54, 1.807) is 12.1 Å². The average molecular weight is 287 g/mol. The van der Waals surface area contributed by atoms with E-state index in [1.807, 2.05) is 12.1 Å². The SMILES string of the molecule is CCC(C)c1ccc(NC(=O)c2nc[nH]c2C(=O)O)cc1. The lowest BCUT2D eigenvalue weighted by Crippen LogP contribution is -2.16. The van der Waals surface area contributed by atoms with E-state index < -0.39 is 11.9 Å². The topological polar surface area (TPSA) is 95.1 Å². The Labute approximate surface area is 122 Å². The van der Waals surface area contributed by atoms with Crippen molar-refractivity contribution in [2.45, 2.75) is 26.2 Å². The Morgan fingerprint density at radius 3 is 2.57 bits per heavy atom. The highest BCUT2D eigenvalue weighted by atomic mass is 16.4. The molecule has 3 N–H and O–H groups in total. The number of imidazole rings is 1. The summed E-state index contributed by atoms with van der Waals surface area (Å²) in [7, 11) is 0. The van der Waals surface area contributed by atoms with Gasteiger partial charge in [0.05, 0.1) is 6.33 Å². The zero-order valence-corrected chi connectivity index (χ0v) is 11.9. The van der Waals surface area contributed by atoms with Crippen LogP contribution >= 0.6 is 0 Å². The monoisotopic (exact) mass is 287 g/mol. The number of carbonyl (C=O) groups excluding carboxylic acids is 1. The lowest BCUT2D eigenvalue weighted by atomic mass is 9.99. The molecular weight excluding hydrogens is 270 g/mol. The van der Waals surface area contributed by atoms with E-state index in [1.165, 1.54) is 11.9 Å². The molecule has 21 heavy (non-hydrogen) atoms. The Morgan fingerprint density at radius 2 is 2.00 bits per heavy atom. The van der Waals surface area contributed by atoms with Crippen LogP contribution in [0.15, 0.2) is 30.6 Å². The molecule has 1 amide bonds. The number of benzene rings is 1. The number of nitrogens with zero attached hydrogens (tertiary/aromatic N) is 1. The van der Waals surface area contributed by atoms with Gasteiger partial charge in [0.2, 0.25) is 0 Å².